The molecule has 3 aromatic rings. The van der Waals surface area contributed by atoms with Gasteiger partial charge in [-0.05, 0) is 23.8 Å². The first kappa shape index (κ1) is 14.1. The van der Waals surface area contributed by atoms with Crippen LogP contribution in [0.2, 0.25) is 0 Å². The number of nitrogens with zero attached hydrogens (tertiary/aromatic N) is 2. The lowest BCUT2D eigenvalue weighted by Gasteiger charge is -2.06. The average molecular weight is 364 g/mol. The molecule has 0 saturated heterocycles. The van der Waals surface area contributed by atoms with Crippen molar-refractivity contribution in [3.05, 3.63) is 57.1 Å². The second kappa shape index (κ2) is 5.87. The normalized spacial score (nSPS) is 10.9. The highest BCUT2D eigenvalue weighted by atomic mass is 79.9. The van der Waals surface area contributed by atoms with Crippen LogP contribution < -0.4 is 11.4 Å². The third-order valence-corrected chi connectivity index (χ3v) is 4.38. The Kier molecular flexibility index (Phi) is 3.94. The Morgan fingerprint density at radius 1 is 1.24 bits per heavy atom. The summed E-state index contributed by atoms with van der Waals surface area (Å²) in [5, 5.41) is 1.55. The molecule has 0 aliphatic carbocycles. The number of benzene rings is 1. The van der Waals surface area contributed by atoms with E-state index in [1.165, 1.54) is 17.8 Å². The highest BCUT2D eigenvalue weighted by molar-refractivity contribution is 9.10. The molecule has 0 atom stereocenters. The molecule has 0 radical (unpaired) electrons. The van der Waals surface area contributed by atoms with Gasteiger partial charge >= 0.3 is 5.63 Å². The van der Waals surface area contributed by atoms with E-state index in [4.69, 9.17) is 10.2 Å². The quantitative estimate of drug-likeness (QED) is 0.568. The van der Waals surface area contributed by atoms with Gasteiger partial charge in [-0.3, -0.25) is 0 Å². The van der Waals surface area contributed by atoms with E-state index in [1.807, 2.05) is 12.1 Å². The predicted octanol–water partition coefficient (Wildman–Crippen LogP) is 3.22. The van der Waals surface area contributed by atoms with Crippen LogP contribution in [0.5, 0.6) is 0 Å². The van der Waals surface area contributed by atoms with Gasteiger partial charge in [-0.2, -0.15) is 0 Å². The Morgan fingerprint density at radius 3 is 2.86 bits per heavy atom. The summed E-state index contributed by atoms with van der Waals surface area (Å²) in [6.07, 6.45) is 3.14. The summed E-state index contributed by atoms with van der Waals surface area (Å²) >= 11 is 4.80. The molecule has 0 unspecified atom stereocenters. The van der Waals surface area contributed by atoms with Gasteiger partial charge in [-0.25, -0.2) is 14.8 Å². The van der Waals surface area contributed by atoms with E-state index in [0.29, 0.717) is 22.2 Å². The maximum atomic E-state index is 11.6. The highest BCUT2D eigenvalue weighted by Gasteiger charge is 2.09. The summed E-state index contributed by atoms with van der Waals surface area (Å²) in [5.41, 5.74) is 6.83. The number of hydrogen-bond donors (Lipinski definition) is 1. The number of nitrogen functional groups attached to an aromatic ring is 1. The largest absolute Gasteiger partial charge is 0.423 e. The molecule has 2 heterocycles. The molecule has 0 bridgehead atoms. The van der Waals surface area contributed by atoms with Gasteiger partial charge in [0.15, 0.2) is 5.82 Å². The van der Waals surface area contributed by atoms with Gasteiger partial charge in [0.1, 0.15) is 10.6 Å². The van der Waals surface area contributed by atoms with Gasteiger partial charge in [0, 0.05) is 34.1 Å². The van der Waals surface area contributed by atoms with Crippen molar-refractivity contribution < 1.29 is 4.42 Å². The lowest BCUT2D eigenvalue weighted by atomic mass is 10.1. The van der Waals surface area contributed by atoms with Crippen molar-refractivity contribution in [1.29, 1.82) is 0 Å². The lowest BCUT2D eigenvalue weighted by molar-refractivity contribution is 0.559. The molecule has 2 N–H and O–H groups in total. The van der Waals surface area contributed by atoms with Crippen LogP contribution in [0.25, 0.3) is 11.0 Å². The molecule has 5 nitrogen and oxygen atoms in total. The average Bonchev–Trinajstić information content (AvgIpc) is 2.45. The van der Waals surface area contributed by atoms with E-state index in [2.05, 4.69) is 25.9 Å². The first-order chi connectivity index (χ1) is 10.1. The van der Waals surface area contributed by atoms with Gasteiger partial charge in [-0.1, -0.05) is 27.7 Å². The van der Waals surface area contributed by atoms with Crippen LogP contribution in [0, 0.1) is 0 Å². The second-order valence-corrected chi connectivity index (χ2v) is 6.15. The van der Waals surface area contributed by atoms with E-state index in [1.54, 1.807) is 18.5 Å². The van der Waals surface area contributed by atoms with E-state index >= 15 is 0 Å². The van der Waals surface area contributed by atoms with Crippen LogP contribution in [0.15, 0.2) is 55.4 Å². The third kappa shape index (κ3) is 3.08. The molecule has 21 heavy (non-hydrogen) atoms. The molecule has 0 aliphatic rings. The minimum atomic E-state index is -0.372. The van der Waals surface area contributed by atoms with Gasteiger partial charge in [0.25, 0.3) is 0 Å². The minimum Gasteiger partial charge on any atom is -0.423 e. The Morgan fingerprint density at radius 2 is 2.05 bits per heavy atom. The summed E-state index contributed by atoms with van der Waals surface area (Å²) < 4.78 is 6.07. The van der Waals surface area contributed by atoms with E-state index < -0.39 is 0 Å². The Balaban J connectivity index is 1.97. The topological polar surface area (TPSA) is 82.0 Å². The van der Waals surface area contributed by atoms with Gasteiger partial charge in [0.05, 0.1) is 0 Å². The van der Waals surface area contributed by atoms with Crippen molar-refractivity contribution in [3.63, 3.8) is 0 Å². The minimum absolute atomic E-state index is 0.372. The molecule has 1 aromatic carbocycles. The van der Waals surface area contributed by atoms with Gasteiger partial charge in [-0.15, -0.1) is 0 Å². The van der Waals surface area contributed by atoms with Crippen molar-refractivity contribution in [2.45, 2.75) is 10.8 Å². The second-order valence-electron chi connectivity index (χ2n) is 4.27. The lowest BCUT2D eigenvalue weighted by Crippen LogP contribution is -2.00. The summed E-state index contributed by atoms with van der Waals surface area (Å²) in [6, 6.07) is 7.10. The Bertz CT molecular complexity index is 866. The van der Waals surface area contributed by atoms with Crippen LogP contribution in [0.3, 0.4) is 0 Å². The zero-order chi connectivity index (χ0) is 14.8. The number of anilines is 1. The zero-order valence-corrected chi connectivity index (χ0v) is 13.1. The van der Waals surface area contributed by atoms with Crippen molar-refractivity contribution in [2.24, 2.45) is 0 Å². The van der Waals surface area contributed by atoms with E-state index in [-0.39, 0.29) is 5.63 Å². The fourth-order valence-corrected chi connectivity index (χ4v) is 3.12. The summed E-state index contributed by atoms with van der Waals surface area (Å²) in [5.74, 6) is 0.949. The third-order valence-electron chi connectivity index (χ3n) is 2.85. The summed E-state index contributed by atoms with van der Waals surface area (Å²) in [7, 11) is 0. The Labute approximate surface area is 132 Å². The molecule has 0 spiro atoms. The van der Waals surface area contributed by atoms with Crippen LogP contribution in [0.4, 0.5) is 5.82 Å². The predicted molar refractivity (Wildman–Crippen MR) is 86.2 cm³/mol. The smallest absolute Gasteiger partial charge is 0.336 e. The monoisotopic (exact) mass is 363 g/mol. The maximum Gasteiger partial charge on any atom is 0.336 e. The maximum absolute atomic E-state index is 11.6. The van der Waals surface area contributed by atoms with Crippen LogP contribution >= 0.6 is 27.7 Å². The molecule has 2 aromatic heterocycles. The number of nitrogens with two attached hydrogens (primary N) is 1. The van der Waals surface area contributed by atoms with Crippen molar-refractivity contribution in [1.82, 2.24) is 9.97 Å². The molecule has 0 aliphatic heterocycles. The molecular formula is C14H10BrN3O2S. The van der Waals surface area contributed by atoms with Crippen molar-refractivity contribution >= 4 is 44.5 Å². The molecule has 106 valence electrons. The number of halogens is 1. The fourth-order valence-electron chi connectivity index (χ4n) is 1.92. The Hall–Kier alpha value is -1.86. The van der Waals surface area contributed by atoms with Gasteiger partial charge < -0.3 is 10.2 Å². The van der Waals surface area contributed by atoms with Crippen molar-refractivity contribution in [3.8, 4) is 0 Å². The first-order valence-corrected chi connectivity index (χ1v) is 7.83. The highest BCUT2D eigenvalue weighted by Crippen LogP contribution is 2.28. The molecular weight excluding hydrogens is 354 g/mol. The van der Waals surface area contributed by atoms with E-state index in [9.17, 15) is 4.79 Å². The first-order valence-electron chi connectivity index (χ1n) is 6.05. The molecule has 0 saturated carbocycles. The number of rotatable bonds is 3. The van der Waals surface area contributed by atoms with Crippen LogP contribution in [0.1, 0.15) is 5.56 Å². The molecule has 3 rings (SSSR count). The van der Waals surface area contributed by atoms with Crippen molar-refractivity contribution in [2.75, 3.05) is 5.73 Å². The number of aromatic nitrogens is 2. The summed E-state index contributed by atoms with van der Waals surface area (Å²) in [4.78, 5) is 19.8. The molecule has 7 heteroatoms. The zero-order valence-electron chi connectivity index (χ0n) is 10.7. The number of thioether (sulfide) groups is 1. The van der Waals surface area contributed by atoms with E-state index in [0.717, 1.165) is 15.4 Å². The summed E-state index contributed by atoms with van der Waals surface area (Å²) in [6.45, 7) is 0. The van der Waals surface area contributed by atoms with Gasteiger partial charge in [0.2, 0.25) is 0 Å². The number of fused-ring (bicyclic) bond motifs is 1. The fraction of sp³-hybridized carbons (Fsp3) is 0.0714. The SMILES string of the molecule is Nc1nccnc1SCc1cc(=O)oc2cc(Br)ccc12. The van der Waals surface area contributed by atoms with Crippen LogP contribution in [-0.2, 0) is 5.75 Å². The molecule has 0 amide bonds. The number of hydrogen-bond acceptors (Lipinski definition) is 6. The standard InChI is InChI=1S/C14H10BrN3O2S/c15-9-1-2-10-8(5-12(19)20-11(10)6-9)7-21-14-13(16)17-3-4-18-14/h1-6H,7H2,(H2,16,17). The van der Waals surface area contributed by atoms with Crippen LogP contribution in [-0.4, -0.2) is 9.97 Å². The molecule has 0 fully saturated rings.